The Morgan fingerprint density at radius 2 is 0.820 bits per heavy atom. The normalized spacial score (nSPS) is 20.7. The molecule has 2 saturated heterocycles. The second kappa shape index (κ2) is 17.6. The van der Waals surface area contributed by atoms with Gasteiger partial charge in [-0.25, -0.2) is 0 Å². The lowest BCUT2D eigenvalue weighted by Gasteiger charge is -2.51. The average molecular weight is 693 g/mol. The Labute approximate surface area is 302 Å². The molecule has 0 aromatic heterocycles. The van der Waals surface area contributed by atoms with E-state index in [1.165, 1.54) is 0 Å². The molecular weight excluding hydrogens is 628 g/mol. The van der Waals surface area contributed by atoms with E-state index in [0.29, 0.717) is 52.2 Å². The number of unbranched alkanes of at least 4 members (excludes halogenated alkanes) is 5. The van der Waals surface area contributed by atoms with Gasteiger partial charge < -0.3 is 9.47 Å². The smallest absolute Gasteiger partial charge is 0.306 e. The first-order valence-corrected chi connectivity index (χ1v) is 18.8. The minimum Gasteiger partial charge on any atom is -0.461 e. The Morgan fingerprint density at radius 1 is 0.520 bits per heavy atom. The van der Waals surface area contributed by atoms with Crippen molar-refractivity contribution in [3.8, 4) is 0 Å². The third-order valence-corrected chi connectivity index (χ3v) is 10.2. The van der Waals surface area contributed by atoms with Crippen LogP contribution >= 0.6 is 0 Å². The quantitative estimate of drug-likeness (QED) is 0.120. The topological polar surface area (TPSA) is 77.5 Å². The van der Waals surface area contributed by atoms with Crippen molar-refractivity contribution in [3.05, 3.63) is 71.8 Å². The van der Waals surface area contributed by atoms with Crippen LogP contribution in [0.25, 0.3) is 0 Å². The zero-order valence-electron chi connectivity index (χ0n) is 32.2. The third kappa shape index (κ3) is 11.9. The number of hydrogen-bond acceptors (Lipinski definition) is 8. The maximum atomic E-state index is 12.9. The molecule has 2 aromatic rings. The van der Waals surface area contributed by atoms with Crippen LogP contribution in [0.5, 0.6) is 0 Å². The van der Waals surface area contributed by atoms with Crippen molar-refractivity contribution in [2.45, 2.75) is 132 Å². The van der Waals surface area contributed by atoms with Gasteiger partial charge in [0.05, 0.1) is 13.2 Å². The molecule has 0 unspecified atom stereocenters. The zero-order chi connectivity index (χ0) is 36.4. The first-order valence-electron chi connectivity index (χ1n) is 18.8. The van der Waals surface area contributed by atoms with Gasteiger partial charge in [-0.1, -0.05) is 142 Å². The highest BCUT2D eigenvalue weighted by molar-refractivity contribution is 5.70. The molecule has 8 heteroatoms. The van der Waals surface area contributed by atoms with Crippen LogP contribution in [0, 0.1) is 21.7 Å². The van der Waals surface area contributed by atoms with Gasteiger partial charge in [-0.15, -0.1) is 0 Å². The first kappa shape index (κ1) is 40.0. The summed E-state index contributed by atoms with van der Waals surface area (Å²) in [6.45, 7) is 21.2. The number of benzene rings is 2. The minimum atomic E-state index is -0.241. The SMILES string of the molecule is CC1(C)CN(OCc2ccccc2)CC(C)(C)C1OC(=O)CCCCCCCCC(=O)OC1C(C)(C)CN(OCc2ccccc2)CC1(C)C. The van der Waals surface area contributed by atoms with Crippen LogP contribution < -0.4 is 0 Å². The molecule has 2 heterocycles. The highest BCUT2D eigenvalue weighted by Gasteiger charge is 2.51. The van der Waals surface area contributed by atoms with Crippen molar-refractivity contribution in [1.82, 2.24) is 10.1 Å². The molecule has 8 nitrogen and oxygen atoms in total. The predicted molar refractivity (Wildman–Crippen MR) is 197 cm³/mol. The van der Waals surface area contributed by atoms with Gasteiger partial charge in [-0.3, -0.25) is 19.3 Å². The Morgan fingerprint density at radius 3 is 1.14 bits per heavy atom. The first-order chi connectivity index (χ1) is 23.6. The maximum absolute atomic E-state index is 12.9. The van der Waals surface area contributed by atoms with E-state index >= 15 is 0 Å². The summed E-state index contributed by atoms with van der Waals surface area (Å²) in [4.78, 5) is 38.2. The fourth-order valence-electron chi connectivity index (χ4n) is 8.30. The van der Waals surface area contributed by atoms with Crippen LogP contribution in [0.1, 0.15) is 118 Å². The molecule has 0 saturated carbocycles. The van der Waals surface area contributed by atoms with E-state index in [0.717, 1.165) is 49.7 Å². The van der Waals surface area contributed by atoms with Gasteiger partial charge in [-0.05, 0) is 24.0 Å². The number of carbonyl (C=O) groups excluding carboxylic acids is 2. The number of ether oxygens (including phenoxy) is 2. The number of carbonyl (C=O) groups is 2. The van der Waals surface area contributed by atoms with Crippen LogP contribution in [0.3, 0.4) is 0 Å². The molecule has 2 aliphatic rings. The van der Waals surface area contributed by atoms with Crippen molar-refractivity contribution >= 4 is 11.9 Å². The second-order valence-electron chi connectivity index (χ2n) is 17.4. The summed E-state index contributed by atoms with van der Waals surface area (Å²) in [7, 11) is 0. The molecule has 0 spiro atoms. The molecule has 0 aliphatic carbocycles. The van der Waals surface area contributed by atoms with Crippen LogP contribution in [0.4, 0.5) is 0 Å². The average Bonchev–Trinajstić information content (AvgIpc) is 3.04. The number of nitrogens with zero attached hydrogens (tertiary/aromatic N) is 2. The molecule has 4 rings (SSSR count). The largest absolute Gasteiger partial charge is 0.461 e. The van der Waals surface area contributed by atoms with E-state index < -0.39 is 0 Å². The van der Waals surface area contributed by atoms with Gasteiger partial charge in [0.15, 0.2) is 0 Å². The van der Waals surface area contributed by atoms with E-state index in [1.54, 1.807) is 0 Å². The highest BCUT2D eigenvalue weighted by Crippen LogP contribution is 2.44. The Hall–Kier alpha value is -2.78. The highest BCUT2D eigenvalue weighted by atomic mass is 16.7. The standard InChI is InChI=1S/C42H64N2O6/c1-39(2)29-43(47-27-33-21-15-13-16-22-33)30-40(3,4)37(39)49-35(45)25-19-11-9-10-12-20-26-36(46)50-38-41(5,6)31-44(32-42(38,7)8)48-28-34-23-17-14-18-24-34/h13-18,21-24,37-38H,9-12,19-20,25-32H2,1-8H3. The van der Waals surface area contributed by atoms with Gasteiger partial charge >= 0.3 is 11.9 Å². The lowest BCUT2D eigenvalue weighted by molar-refractivity contribution is -0.254. The Balaban J connectivity index is 1.08. The second-order valence-corrected chi connectivity index (χ2v) is 17.4. The van der Waals surface area contributed by atoms with E-state index in [-0.39, 0.29) is 45.8 Å². The van der Waals surface area contributed by atoms with E-state index in [2.05, 4.69) is 79.7 Å². The summed E-state index contributed by atoms with van der Waals surface area (Å²) in [6.07, 6.45) is 6.17. The summed E-state index contributed by atoms with van der Waals surface area (Å²) in [5.74, 6) is -0.228. The molecule has 2 aromatic carbocycles. The van der Waals surface area contributed by atoms with Crippen LogP contribution in [-0.4, -0.2) is 60.5 Å². The van der Waals surface area contributed by atoms with E-state index in [1.807, 2.05) is 46.5 Å². The molecule has 2 aliphatic heterocycles. The van der Waals surface area contributed by atoms with Crippen molar-refractivity contribution in [2.24, 2.45) is 21.7 Å². The molecule has 0 radical (unpaired) electrons. The van der Waals surface area contributed by atoms with Gasteiger partial charge in [0.1, 0.15) is 12.2 Å². The molecule has 0 bridgehead atoms. The van der Waals surface area contributed by atoms with Gasteiger partial charge in [0.2, 0.25) is 0 Å². The monoisotopic (exact) mass is 692 g/mol. The van der Waals surface area contributed by atoms with Gasteiger partial charge in [0.25, 0.3) is 0 Å². The molecule has 50 heavy (non-hydrogen) atoms. The van der Waals surface area contributed by atoms with Gasteiger partial charge in [-0.2, -0.15) is 10.1 Å². The lowest BCUT2D eigenvalue weighted by atomic mass is 9.68. The number of rotatable bonds is 17. The van der Waals surface area contributed by atoms with E-state index in [9.17, 15) is 9.59 Å². The fourth-order valence-corrected chi connectivity index (χ4v) is 8.30. The Bertz CT molecular complexity index is 1200. The number of hydroxylamine groups is 4. The summed E-state index contributed by atoms with van der Waals surface area (Å²) in [5, 5.41) is 4.07. The summed E-state index contributed by atoms with van der Waals surface area (Å²) in [6, 6.07) is 20.4. The summed E-state index contributed by atoms with van der Waals surface area (Å²) < 4.78 is 12.3. The molecule has 2 fully saturated rings. The third-order valence-electron chi connectivity index (χ3n) is 10.2. The molecule has 278 valence electrons. The molecule has 0 N–H and O–H groups in total. The van der Waals surface area contributed by atoms with Crippen molar-refractivity contribution in [2.75, 3.05) is 26.2 Å². The zero-order valence-corrected chi connectivity index (χ0v) is 32.2. The maximum Gasteiger partial charge on any atom is 0.306 e. The molecule has 0 atom stereocenters. The van der Waals surface area contributed by atoms with Crippen molar-refractivity contribution in [3.63, 3.8) is 0 Å². The summed E-state index contributed by atoms with van der Waals surface area (Å²) in [5.41, 5.74) is 1.31. The van der Waals surface area contributed by atoms with Gasteiger partial charge in [0, 0.05) is 60.7 Å². The molecule has 0 amide bonds. The Kier molecular flexibility index (Phi) is 14.1. The summed E-state index contributed by atoms with van der Waals surface area (Å²) >= 11 is 0. The van der Waals surface area contributed by atoms with Crippen molar-refractivity contribution < 1.29 is 28.7 Å². The number of piperidine rings is 2. The lowest BCUT2D eigenvalue weighted by Crippen LogP contribution is -2.59. The number of esters is 2. The van der Waals surface area contributed by atoms with Crippen LogP contribution in [0.15, 0.2) is 60.7 Å². The fraction of sp³-hybridized carbons (Fsp3) is 0.667. The molecular formula is C42H64N2O6. The van der Waals surface area contributed by atoms with E-state index in [4.69, 9.17) is 19.1 Å². The predicted octanol–water partition coefficient (Wildman–Crippen LogP) is 8.93. The van der Waals surface area contributed by atoms with Crippen LogP contribution in [0.2, 0.25) is 0 Å². The van der Waals surface area contributed by atoms with Crippen molar-refractivity contribution in [1.29, 1.82) is 0 Å². The van der Waals surface area contributed by atoms with Crippen LogP contribution in [-0.2, 0) is 42.0 Å². The number of hydrogen-bond donors (Lipinski definition) is 0. The minimum absolute atomic E-state index is 0.114.